The predicted molar refractivity (Wildman–Crippen MR) is 99.8 cm³/mol. The van der Waals surface area contributed by atoms with E-state index in [9.17, 15) is 0 Å². The molecular formula is C20H22N4. The van der Waals surface area contributed by atoms with Crippen LogP contribution in [0.15, 0.2) is 60.9 Å². The summed E-state index contributed by atoms with van der Waals surface area (Å²) in [5.74, 6) is 1.68. The molecule has 1 N–H and O–H groups in total. The first-order chi connectivity index (χ1) is 11.6. The Kier molecular flexibility index (Phi) is 4.75. The van der Waals surface area contributed by atoms with E-state index >= 15 is 0 Å². The second-order valence-electron chi connectivity index (χ2n) is 6.03. The zero-order valence-electron chi connectivity index (χ0n) is 14.3. The number of rotatable bonds is 5. The van der Waals surface area contributed by atoms with Gasteiger partial charge < -0.3 is 10.2 Å². The van der Waals surface area contributed by atoms with Gasteiger partial charge in [-0.2, -0.15) is 0 Å². The lowest BCUT2D eigenvalue weighted by Gasteiger charge is -2.19. The third kappa shape index (κ3) is 3.90. The Labute approximate surface area is 143 Å². The molecule has 0 aliphatic heterocycles. The van der Waals surface area contributed by atoms with Gasteiger partial charge in [0.2, 0.25) is 0 Å². The molecule has 4 nitrogen and oxygen atoms in total. The first-order valence-electron chi connectivity index (χ1n) is 8.03. The Morgan fingerprint density at radius 2 is 1.71 bits per heavy atom. The molecule has 1 heterocycles. The maximum absolute atomic E-state index is 4.38. The van der Waals surface area contributed by atoms with Crippen molar-refractivity contribution in [2.24, 2.45) is 0 Å². The third-order valence-electron chi connectivity index (χ3n) is 4.09. The number of hydrogen-bond acceptors (Lipinski definition) is 4. The van der Waals surface area contributed by atoms with Crippen molar-refractivity contribution in [3.8, 4) is 0 Å². The molecule has 0 spiro atoms. The summed E-state index contributed by atoms with van der Waals surface area (Å²) >= 11 is 0. The summed E-state index contributed by atoms with van der Waals surface area (Å²) in [5.41, 5.74) is 4.83. The molecule has 0 amide bonds. The summed E-state index contributed by atoms with van der Waals surface area (Å²) in [6.45, 7) is 5.03. The Hall–Kier alpha value is -2.88. The second-order valence-corrected chi connectivity index (χ2v) is 6.03. The van der Waals surface area contributed by atoms with Crippen LogP contribution < -0.4 is 10.2 Å². The molecule has 0 fully saturated rings. The third-order valence-corrected chi connectivity index (χ3v) is 4.09. The monoisotopic (exact) mass is 318 g/mol. The Morgan fingerprint density at radius 1 is 0.917 bits per heavy atom. The minimum absolute atomic E-state index is 0.795. The minimum Gasteiger partial charge on any atom is -0.355 e. The molecule has 3 aromatic rings. The van der Waals surface area contributed by atoms with E-state index in [4.69, 9.17) is 0 Å². The lowest BCUT2D eigenvalue weighted by Crippen LogP contribution is -2.17. The number of hydrogen-bond donors (Lipinski definition) is 1. The summed E-state index contributed by atoms with van der Waals surface area (Å²) in [5, 5.41) is 3.35. The van der Waals surface area contributed by atoms with Gasteiger partial charge in [0.25, 0.3) is 0 Å². The molecule has 0 aliphatic rings. The lowest BCUT2D eigenvalue weighted by atomic mass is 10.1. The summed E-state index contributed by atoms with van der Waals surface area (Å²) < 4.78 is 0. The molecule has 0 unspecified atom stereocenters. The van der Waals surface area contributed by atoms with Gasteiger partial charge >= 0.3 is 0 Å². The topological polar surface area (TPSA) is 41.0 Å². The van der Waals surface area contributed by atoms with E-state index in [1.54, 1.807) is 6.33 Å². The highest BCUT2D eigenvalue weighted by atomic mass is 15.2. The fourth-order valence-electron chi connectivity index (χ4n) is 2.53. The highest BCUT2D eigenvalue weighted by Gasteiger charge is 2.06. The van der Waals surface area contributed by atoms with Gasteiger partial charge in [0.05, 0.1) is 0 Å². The molecule has 0 radical (unpaired) electrons. The van der Waals surface area contributed by atoms with Crippen LogP contribution >= 0.6 is 0 Å². The van der Waals surface area contributed by atoms with E-state index in [-0.39, 0.29) is 0 Å². The molecular weight excluding hydrogens is 296 g/mol. The van der Waals surface area contributed by atoms with Gasteiger partial charge in [0.15, 0.2) is 0 Å². The van der Waals surface area contributed by atoms with E-state index in [1.807, 2.05) is 19.2 Å². The quantitative estimate of drug-likeness (QED) is 0.753. The summed E-state index contributed by atoms with van der Waals surface area (Å²) in [7, 11) is 2.04. The first kappa shape index (κ1) is 16.0. The van der Waals surface area contributed by atoms with Gasteiger partial charge in [-0.15, -0.1) is 0 Å². The number of nitrogens with one attached hydrogen (secondary N) is 1. The van der Waals surface area contributed by atoms with Crippen LogP contribution in [0.25, 0.3) is 0 Å². The van der Waals surface area contributed by atoms with Gasteiger partial charge in [-0.05, 0) is 42.7 Å². The summed E-state index contributed by atoms with van der Waals surface area (Å²) in [6, 6.07) is 18.6. The van der Waals surface area contributed by atoms with Gasteiger partial charge in [0.1, 0.15) is 18.0 Å². The molecule has 0 aliphatic carbocycles. The van der Waals surface area contributed by atoms with Crippen molar-refractivity contribution in [1.29, 1.82) is 0 Å². The van der Waals surface area contributed by atoms with Crippen molar-refractivity contribution in [3.63, 3.8) is 0 Å². The molecule has 2 aromatic carbocycles. The maximum atomic E-state index is 4.38. The number of aromatic nitrogens is 2. The molecule has 24 heavy (non-hydrogen) atoms. The predicted octanol–water partition coefficient (Wildman–Crippen LogP) is 4.47. The second kappa shape index (κ2) is 7.13. The lowest BCUT2D eigenvalue weighted by molar-refractivity contribution is 0.892. The van der Waals surface area contributed by atoms with E-state index < -0.39 is 0 Å². The van der Waals surface area contributed by atoms with Crippen molar-refractivity contribution in [3.05, 3.63) is 77.6 Å². The number of benzene rings is 2. The molecule has 1 aromatic heterocycles. The molecule has 0 saturated heterocycles. The molecule has 4 heteroatoms. The van der Waals surface area contributed by atoms with Gasteiger partial charge in [0, 0.05) is 25.3 Å². The molecule has 0 atom stereocenters. The molecule has 0 bridgehead atoms. The van der Waals surface area contributed by atoms with Crippen molar-refractivity contribution in [2.75, 3.05) is 17.3 Å². The van der Waals surface area contributed by atoms with Crippen LogP contribution in [0.1, 0.15) is 16.7 Å². The smallest absolute Gasteiger partial charge is 0.135 e. The maximum Gasteiger partial charge on any atom is 0.135 e. The largest absolute Gasteiger partial charge is 0.355 e. The van der Waals surface area contributed by atoms with Crippen LogP contribution in [0.3, 0.4) is 0 Å². The zero-order valence-corrected chi connectivity index (χ0v) is 14.3. The van der Waals surface area contributed by atoms with Crippen molar-refractivity contribution in [2.45, 2.75) is 20.4 Å². The van der Waals surface area contributed by atoms with E-state index in [0.29, 0.717) is 0 Å². The first-order valence-corrected chi connectivity index (χ1v) is 8.03. The fraction of sp³-hybridized carbons (Fsp3) is 0.200. The van der Waals surface area contributed by atoms with Crippen molar-refractivity contribution < 1.29 is 0 Å². The summed E-state index contributed by atoms with van der Waals surface area (Å²) in [4.78, 5) is 10.8. The highest BCUT2D eigenvalue weighted by Crippen LogP contribution is 2.21. The Bertz CT molecular complexity index is 815. The van der Waals surface area contributed by atoms with Gasteiger partial charge in [-0.1, -0.05) is 36.4 Å². The van der Waals surface area contributed by atoms with Crippen LogP contribution in [0, 0.1) is 13.8 Å². The van der Waals surface area contributed by atoms with Crippen LogP contribution in [-0.4, -0.2) is 17.0 Å². The van der Waals surface area contributed by atoms with E-state index in [2.05, 4.69) is 76.5 Å². The SMILES string of the molecule is Cc1ccc(Nc2cc(N(C)Cc3ccccc3)ncn2)cc1C. The van der Waals surface area contributed by atoms with Crippen LogP contribution in [0.2, 0.25) is 0 Å². The van der Waals surface area contributed by atoms with Gasteiger partial charge in [-0.3, -0.25) is 0 Å². The molecule has 3 rings (SSSR count). The summed E-state index contributed by atoms with van der Waals surface area (Å²) in [6.07, 6.45) is 1.60. The van der Waals surface area contributed by atoms with Crippen molar-refractivity contribution >= 4 is 17.3 Å². The van der Waals surface area contributed by atoms with E-state index in [1.165, 1.54) is 16.7 Å². The number of aryl methyl sites for hydroxylation is 2. The van der Waals surface area contributed by atoms with Crippen molar-refractivity contribution in [1.82, 2.24) is 9.97 Å². The van der Waals surface area contributed by atoms with E-state index in [0.717, 1.165) is 23.9 Å². The van der Waals surface area contributed by atoms with Crippen LogP contribution in [-0.2, 0) is 6.54 Å². The standard InChI is InChI=1S/C20H22N4/c1-15-9-10-18(11-16(15)2)23-19-12-20(22-14-21-19)24(3)13-17-7-5-4-6-8-17/h4-12,14H,13H2,1-3H3,(H,21,22,23). The Morgan fingerprint density at radius 3 is 2.46 bits per heavy atom. The number of anilines is 3. The Balaban J connectivity index is 1.74. The number of nitrogens with zero attached hydrogens (tertiary/aromatic N) is 3. The normalized spacial score (nSPS) is 10.5. The highest BCUT2D eigenvalue weighted by molar-refractivity contribution is 5.60. The average molecular weight is 318 g/mol. The van der Waals surface area contributed by atoms with Crippen LogP contribution in [0.4, 0.5) is 17.3 Å². The van der Waals surface area contributed by atoms with Crippen LogP contribution in [0.5, 0.6) is 0 Å². The fourth-order valence-corrected chi connectivity index (χ4v) is 2.53. The zero-order chi connectivity index (χ0) is 16.9. The minimum atomic E-state index is 0.795. The average Bonchev–Trinajstić information content (AvgIpc) is 2.59. The van der Waals surface area contributed by atoms with Gasteiger partial charge in [-0.25, -0.2) is 9.97 Å². The molecule has 122 valence electrons. The molecule has 0 saturated carbocycles.